The maximum atomic E-state index is 12.1. The SMILES string of the molecule is COC(=O)C1=C(C(=O)OC)[C@H]2CCC[C@H](OC)C2=CC1. The van der Waals surface area contributed by atoms with E-state index in [0.29, 0.717) is 17.6 Å². The molecule has 0 aromatic carbocycles. The van der Waals surface area contributed by atoms with Crippen LogP contribution in [0.2, 0.25) is 0 Å². The van der Waals surface area contributed by atoms with Crippen LogP contribution >= 0.6 is 0 Å². The highest BCUT2D eigenvalue weighted by atomic mass is 16.5. The number of carbonyl (C=O) groups excluding carboxylic acids is 2. The maximum Gasteiger partial charge on any atom is 0.334 e. The minimum atomic E-state index is -0.458. The Morgan fingerprint density at radius 2 is 1.80 bits per heavy atom. The number of allylic oxidation sites excluding steroid dienone is 1. The third-order valence-corrected chi connectivity index (χ3v) is 4.07. The Kier molecular flexibility index (Phi) is 4.60. The second-order valence-electron chi connectivity index (χ2n) is 4.99. The van der Waals surface area contributed by atoms with Crippen LogP contribution in [0.3, 0.4) is 0 Å². The van der Waals surface area contributed by atoms with E-state index in [0.717, 1.165) is 24.8 Å². The van der Waals surface area contributed by atoms with E-state index in [-0.39, 0.29) is 12.0 Å². The summed E-state index contributed by atoms with van der Waals surface area (Å²) in [7, 11) is 4.33. The summed E-state index contributed by atoms with van der Waals surface area (Å²) in [6, 6.07) is 0. The lowest BCUT2D eigenvalue weighted by atomic mass is 9.72. The van der Waals surface area contributed by atoms with E-state index in [1.807, 2.05) is 6.08 Å². The van der Waals surface area contributed by atoms with Gasteiger partial charge in [-0.15, -0.1) is 0 Å². The van der Waals surface area contributed by atoms with E-state index in [4.69, 9.17) is 14.2 Å². The fourth-order valence-corrected chi connectivity index (χ4v) is 3.14. The number of ether oxygens (including phenoxy) is 3. The van der Waals surface area contributed by atoms with Gasteiger partial charge in [-0.2, -0.15) is 0 Å². The Morgan fingerprint density at radius 1 is 1.10 bits per heavy atom. The molecule has 110 valence electrons. The largest absolute Gasteiger partial charge is 0.466 e. The van der Waals surface area contributed by atoms with E-state index in [1.54, 1.807) is 7.11 Å². The highest BCUT2D eigenvalue weighted by Crippen LogP contribution is 2.41. The molecule has 0 heterocycles. The lowest BCUT2D eigenvalue weighted by Crippen LogP contribution is -2.33. The summed E-state index contributed by atoms with van der Waals surface area (Å²) >= 11 is 0. The molecule has 2 aliphatic carbocycles. The molecular weight excluding hydrogens is 260 g/mol. The Labute approximate surface area is 118 Å². The van der Waals surface area contributed by atoms with E-state index >= 15 is 0 Å². The highest BCUT2D eigenvalue weighted by Gasteiger charge is 2.38. The van der Waals surface area contributed by atoms with Crippen LogP contribution in [-0.4, -0.2) is 39.4 Å². The Hall–Kier alpha value is -1.62. The number of fused-ring (bicyclic) bond motifs is 1. The number of rotatable bonds is 3. The van der Waals surface area contributed by atoms with Crippen LogP contribution in [0.4, 0.5) is 0 Å². The second kappa shape index (κ2) is 6.22. The van der Waals surface area contributed by atoms with Crippen molar-refractivity contribution in [1.82, 2.24) is 0 Å². The molecule has 2 aliphatic rings. The smallest absolute Gasteiger partial charge is 0.334 e. The van der Waals surface area contributed by atoms with Crippen LogP contribution in [0.15, 0.2) is 22.8 Å². The molecule has 2 rings (SSSR count). The third-order valence-electron chi connectivity index (χ3n) is 4.07. The summed E-state index contributed by atoms with van der Waals surface area (Å²) in [5.41, 5.74) is 1.94. The lowest BCUT2D eigenvalue weighted by molar-refractivity contribution is -0.140. The molecule has 0 unspecified atom stereocenters. The molecule has 0 N–H and O–H groups in total. The van der Waals surface area contributed by atoms with Gasteiger partial charge in [0.2, 0.25) is 0 Å². The molecule has 0 saturated heterocycles. The molecule has 1 saturated carbocycles. The zero-order chi connectivity index (χ0) is 14.7. The van der Waals surface area contributed by atoms with Gasteiger partial charge in [0.05, 0.1) is 31.5 Å². The van der Waals surface area contributed by atoms with Crippen molar-refractivity contribution in [3.8, 4) is 0 Å². The number of hydrogen-bond donors (Lipinski definition) is 0. The second-order valence-corrected chi connectivity index (χ2v) is 4.99. The minimum absolute atomic E-state index is 0.0209. The first kappa shape index (κ1) is 14.8. The number of carbonyl (C=O) groups is 2. The number of hydrogen-bond acceptors (Lipinski definition) is 5. The van der Waals surface area contributed by atoms with Crippen molar-refractivity contribution < 1.29 is 23.8 Å². The van der Waals surface area contributed by atoms with E-state index in [2.05, 4.69) is 0 Å². The van der Waals surface area contributed by atoms with Gasteiger partial charge < -0.3 is 14.2 Å². The first-order valence-electron chi connectivity index (χ1n) is 6.76. The summed E-state index contributed by atoms with van der Waals surface area (Å²) < 4.78 is 15.1. The molecule has 0 spiro atoms. The summed E-state index contributed by atoms with van der Waals surface area (Å²) in [6.45, 7) is 0. The van der Waals surface area contributed by atoms with E-state index in [9.17, 15) is 9.59 Å². The topological polar surface area (TPSA) is 61.8 Å². The molecule has 20 heavy (non-hydrogen) atoms. The van der Waals surface area contributed by atoms with E-state index < -0.39 is 11.9 Å². The monoisotopic (exact) mass is 280 g/mol. The molecule has 5 heteroatoms. The lowest BCUT2D eigenvalue weighted by Gasteiger charge is -2.35. The molecular formula is C15H20O5. The highest BCUT2D eigenvalue weighted by molar-refractivity contribution is 6.01. The van der Waals surface area contributed by atoms with Gasteiger partial charge in [0.1, 0.15) is 0 Å². The van der Waals surface area contributed by atoms with Crippen LogP contribution in [0.25, 0.3) is 0 Å². The maximum absolute atomic E-state index is 12.1. The van der Waals surface area contributed by atoms with Crippen molar-refractivity contribution in [2.75, 3.05) is 21.3 Å². The summed E-state index contributed by atoms with van der Waals surface area (Å²) in [5, 5.41) is 0. The first-order chi connectivity index (χ1) is 9.63. The van der Waals surface area contributed by atoms with Gasteiger partial charge in [0, 0.05) is 13.0 Å². The summed E-state index contributed by atoms with van der Waals surface area (Å²) in [5.74, 6) is -0.998. The van der Waals surface area contributed by atoms with Crippen LogP contribution in [0.1, 0.15) is 25.7 Å². The third kappa shape index (κ3) is 2.50. The molecule has 0 radical (unpaired) electrons. The normalized spacial score (nSPS) is 25.6. The van der Waals surface area contributed by atoms with Gasteiger partial charge in [-0.3, -0.25) is 0 Å². The predicted octanol–water partition coefficient (Wildman–Crippen LogP) is 1.77. The molecule has 1 fully saturated rings. The average Bonchev–Trinajstić information content (AvgIpc) is 2.51. The number of methoxy groups -OCH3 is 3. The molecule has 0 aromatic rings. The van der Waals surface area contributed by atoms with Gasteiger partial charge in [-0.25, -0.2) is 9.59 Å². The van der Waals surface area contributed by atoms with Gasteiger partial charge in [0.25, 0.3) is 0 Å². The van der Waals surface area contributed by atoms with Crippen LogP contribution in [-0.2, 0) is 23.8 Å². The number of esters is 2. The average molecular weight is 280 g/mol. The molecule has 0 bridgehead atoms. The quantitative estimate of drug-likeness (QED) is 0.582. The zero-order valence-corrected chi connectivity index (χ0v) is 12.1. The van der Waals surface area contributed by atoms with E-state index in [1.165, 1.54) is 14.2 Å². The fourth-order valence-electron chi connectivity index (χ4n) is 3.14. The fraction of sp³-hybridized carbons (Fsp3) is 0.600. The predicted molar refractivity (Wildman–Crippen MR) is 71.9 cm³/mol. The van der Waals surface area contributed by atoms with Crippen molar-refractivity contribution in [3.05, 3.63) is 22.8 Å². The molecule has 0 aliphatic heterocycles. The standard InChI is InChI=1S/C15H20O5/c1-18-12-6-4-5-10-9(12)7-8-11(14(16)19-2)13(10)15(17)20-3/h7,10,12H,4-6,8H2,1-3H3/t10-,12-/m0/s1. The molecule has 2 atom stereocenters. The van der Waals surface area contributed by atoms with Gasteiger partial charge in [-0.1, -0.05) is 6.08 Å². The van der Waals surface area contributed by atoms with Crippen molar-refractivity contribution in [3.63, 3.8) is 0 Å². The van der Waals surface area contributed by atoms with Crippen molar-refractivity contribution in [2.45, 2.75) is 31.8 Å². The van der Waals surface area contributed by atoms with Gasteiger partial charge in [0.15, 0.2) is 0 Å². The molecule has 0 amide bonds. The Balaban J connectivity index is 2.42. The first-order valence-corrected chi connectivity index (χ1v) is 6.76. The van der Waals surface area contributed by atoms with Gasteiger partial charge in [-0.05, 0) is 31.3 Å². The molecule has 5 nitrogen and oxygen atoms in total. The van der Waals surface area contributed by atoms with Crippen LogP contribution in [0.5, 0.6) is 0 Å². The minimum Gasteiger partial charge on any atom is -0.466 e. The zero-order valence-electron chi connectivity index (χ0n) is 12.1. The van der Waals surface area contributed by atoms with Gasteiger partial charge >= 0.3 is 11.9 Å². The Morgan fingerprint density at radius 3 is 2.40 bits per heavy atom. The van der Waals surface area contributed by atoms with Crippen LogP contribution < -0.4 is 0 Å². The van der Waals surface area contributed by atoms with Crippen molar-refractivity contribution in [1.29, 1.82) is 0 Å². The van der Waals surface area contributed by atoms with Crippen LogP contribution in [0, 0.1) is 5.92 Å². The Bertz CT molecular complexity index is 475. The van der Waals surface area contributed by atoms with Crippen molar-refractivity contribution in [2.24, 2.45) is 5.92 Å². The summed E-state index contributed by atoms with van der Waals surface area (Å²) in [6.07, 6.45) is 5.14. The van der Waals surface area contributed by atoms with Crippen molar-refractivity contribution >= 4 is 11.9 Å². The molecule has 0 aromatic heterocycles. The summed E-state index contributed by atoms with van der Waals surface area (Å²) in [4.78, 5) is 24.0.